The summed E-state index contributed by atoms with van der Waals surface area (Å²) in [4.78, 5) is 15.2. The van der Waals surface area contributed by atoms with Crippen molar-refractivity contribution in [3.63, 3.8) is 0 Å². The van der Waals surface area contributed by atoms with Gasteiger partial charge in [0, 0.05) is 20.9 Å². The Morgan fingerprint density at radius 1 is 1.12 bits per heavy atom. The third-order valence-electron chi connectivity index (χ3n) is 4.16. The zero-order valence-corrected chi connectivity index (χ0v) is 17.1. The third kappa shape index (κ3) is 3.38. The molecule has 1 amide bonds. The fourth-order valence-corrected chi connectivity index (χ4v) is 4.34. The Bertz CT molecular complexity index is 769. The summed E-state index contributed by atoms with van der Waals surface area (Å²) in [6.07, 6.45) is -0.0878. The van der Waals surface area contributed by atoms with Gasteiger partial charge in [-0.2, -0.15) is 0 Å². The molecule has 3 nitrogen and oxygen atoms in total. The first kappa shape index (κ1) is 17.5. The largest absolute Gasteiger partial charge is 0.363 e. The number of fused-ring (bicyclic) bond motifs is 1. The molecule has 5 heteroatoms. The van der Waals surface area contributed by atoms with Crippen LogP contribution in [0.2, 0.25) is 0 Å². The summed E-state index contributed by atoms with van der Waals surface area (Å²) in [7, 11) is 0. The first-order valence-corrected chi connectivity index (χ1v) is 9.46. The Morgan fingerprint density at radius 2 is 1.79 bits per heavy atom. The van der Waals surface area contributed by atoms with Crippen molar-refractivity contribution in [1.82, 2.24) is 4.90 Å². The van der Waals surface area contributed by atoms with Crippen LogP contribution in [0.4, 0.5) is 5.69 Å². The second kappa shape index (κ2) is 6.52. The van der Waals surface area contributed by atoms with Crippen LogP contribution >= 0.6 is 31.9 Å². The molecular weight excluding hydrogens is 432 g/mol. The van der Waals surface area contributed by atoms with Gasteiger partial charge in [-0.1, -0.05) is 67.0 Å². The number of nitrogens with one attached hydrogen (secondary N) is 1. The van der Waals surface area contributed by atoms with Crippen molar-refractivity contribution in [3.05, 3.63) is 62.5 Å². The zero-order valence-electron chi connectivity index (χ0n) is 13.9. The van der Waals surface area contributed by atoms with Gasteiger partial charge in [0.1, 0.15) is 6.17 Å². The number of benzene rings is 2. The fourth-order valence-electron chi connectivity index (χ4n) is 3.00. The number of rotatable bonds is 2. The van der Waals surface area contributed by atoms with Gasteiger partial charge in [-0.15, -0.1) is 0 Å². The normalized spacial score (nSPS) is 17.5. The van der Waals surface area contributed by atoms with Crippen LogP contribution in [-0.4, -0.2) is 17.0 Å². The van der Waals surface area contributed by atoms with Crippen molar-refractivity contribution in [2.24, 2.45) is 5.41 Å². The molecule has 0 fully saturated rings. The molecule has 1 atom stereocenters. The van der Waals surface area contributed by atoms with Crippen LogP contribution in [0.3, 0.4) is 0 Å². The summed E-state index contributed by atoms with van der Waals surface area (Å²) >= 11 is 7.06. The molecule has 0 bridgehead atoms. The summed E-state index contributed by atoms with van der Waals surface area (Å²) in [5.74, 6) is 0.0505. The van der Waals surface area contributed by atoms with E-state index in [1.54, 1.807) is 0 Å². The number of hydrogen-bond donors (Lipinski definition) is 1. The molecule has 0 saturated heterocycles. The smallest absolute Gasteiger partial charge is 0.257 e. The quantitative estimate of drug-likeness (QED) is 0.639. The monoisotopic (exact) mass is 450 g/mol. The Morgan fingerprint density at radius 3 is 2.42 bits per heavy atom. The summed E-state index contributed by atoms with van der Waals surface area (Å²) in [5.41, 5.74) is 2.58. The average molecular weight is 452 g/mol. The van der Waals surface area contributed by atoms with Crippen LogP contribution in [0.15, 0.2) is 51.4 Å². The van der Waals surface area contributed by atoms with Crippen LogP contribution in [0, 0.1) is 5.41 Å². The minimum absolute atomic E-state index is 0.0505. The van der Waals surface area contributed by atoms with Gasteiger partial charge in [0.2, 0.25) is 0 Å². The molecule has 1 aliphatic rings. The lowest BCUT2D eigenvalue weighted by atomic mass is 9.88. The van der Waals surface area contributed by atoms with Crippen LogP contribution in [0.1, 0.15) is 36.7 Å². The van der Waals surface area contributed by atoms with Crippen molar-refractivity contribution in [2.45, 2.75) is 33.5 Å². The Labute approximate surface area is 159 Å². The molecule has 1 unspecified atom stereocenters. The number of hydrogen-bond acceptors (Lipinski definition) is 2. The van der Waals surface area contributed by atoms with Crippen molar-refractivity contribution in [3.8, 4) is 0 Å². The summed E-state index contributed by atoms with van der Waals surface area (Å²) in [6, 6.07) is 14.0. The lowest BCUT2D eigenvalue weighted by Crippen LogP contribution is -2.54. The van der Waals surface area contributed by atoms with E-state index < -0.39 is 0 Å². The summed E-state index contributed by atoms with van der Waals surface area (Å²) in [5, 5.41) is 3.57. The van der Waals surface area contributed by atoms with Gasteiger partial charge in [0.25, 0.3) is 5.91 Å². The van der Waals surface area contributed by atoms with E-state index in [1.807, 2.05) is 35.2 Å². The Kier molecular flexibility index (Phi) is 4.76. The van der Waals surface area contributed by atoms with E-state index in [4.69, 9.17) is 0 Å². The van der Waals surface area contributed by atoms with Crippen LogP contribution in [0.5, 0.6) is 0 Å². The summed E-state index contributed by atoms with van der Waals surface area (Å²) in [6.45, 7) is 7.02. The average Bonchev–Trinajstić information content (AvgIpc) is 2.50. The predicted molar refractivity (Wildman–Crippen MR) is 105 cm³/mol. The molecule has 2 aromatic carbocycles. The molecular formula is C19H20Br2N2O. The number of carbonyl (C=O) groups is 1. The van der Waals surface area contributed by atoms with Gasteiger partial charge in [-0.3, -0.25) is 4.79 Å². The van der Waals surface area contributed by atoms with E-state index in [0.29, 0.717) is 12.1 Å². The summed E-state index contributed by atoms with van der Waals surface area (Å²) < 4.78 is 1.78. The van der Waals surface area contributed by atoms with E-state index in [-0.39, 0.29) is 17.5 Å². The Hall–Kier alpha value is -1.33. The molecule has 1 heterocycles. The maximum Gasteiger partial charge on any atom is 0.257 e. The van der Waals surface area contributed by atoms with Gasteiger partial charge in [0.15, 0.2) is 0 Å². The molecule has 24 heavy (non-hydrogen) atoms. The van der Waals surface area contributed by atoms with Crippen LogP contribution < -0.4 is 5.32 Å². The molecule has 2 aromatic rings. The number of carbonyl (C=O) groups excluding carboxylic acids is 1. The maximum absolute atomic E-state index is 13.2. The number of amides is 1. The highest BCUT2D eigenvalue weighted by atomic mass is 79.9. The highest BCUT2D eigenvalue weighted by Crippen LogP contribution is 2.39. The molecule has 0 saturated carbocycles. The van der Waals surface area contributed by atoms with E-state index in [9.17, 15) is 4.79 Å². The highest BCUT2D eigenvalue weighted by Gasteiger charge is 2.39. The molecule has 0 aliphatic carbocycles. The van der Waals surface area contributed by atoms with Crippen LogP contribution in [-0.2, 0) is 6.54 Å². The van der Waals surface area contributed by atoms with E-state index >= 15 is 0 Å². The molecule has 126 valence electrons. The van der Waals surface area contributed by atoms with Gasteiger partial charge < -0.3 is 10.2 Å². The second-order valence-electron chi connectivity index (χ2n) is 7.14. The minimum Gasteiger partial charge on any atom is -0.363 e. The van der Waals surface area contributed by atoms with E-state index in [1.165, 1.54) is 0 Å². The first-order valence-electron chi connectivity index (χ1n) is 7.88. The van der Waals surface area contributed by atoms with Gasteiger partial charge >= 0.3 is 0 Å². The topological polar surface area (TPSA) is 32.3 Å². The van der Waals surface area contributed by atoms with E-state index in [0.717, 1.165) is 20.2 Å². The molecule has 0 aromatic heterocycles. The van der Waals surface area contributed by atoms with Gasteiger partial charge in [0.05, 0.1) is 11.3 Å². The number of halogens is 2. The predicted octanol–water partition coefficient (Wildman–Crippen LogP) is 5.65. The van der Waals surface area contributed by atoms with Gasteiger partial charge in [-0.25, -0.2) is 0 Å². The fraction of sp³-hybridized carbons (Fsp3) is 0.316. The number of anilines is 1. The van der Waals surface area contributed by atoms with Crippen LogP contribution in [0.25, 0.3) is 0 Å². The first-order chi connectivity index (χ1) is 11.3. The third-order valence-corrected chi connectivity index (χ3v) is 5.24. The lowest BCUT2D eigenvalue weighted by Gasteiger charge is -2.45. The van der Waals surface area contributed by atoms with Crippen molar-refractivity contribution >= 4 is 43.5 Å². The molecule has 1 aliphatic heterocycles. The van der Waals surface area contributed by atoms with E-state index in [2.05, 4.69) is 70.1 Å². The SMILES string of the molecule is CC(C)(C)C1Nc2c(Br)cc(Br)cc2C(=O)N1Cc1ccccc1. The van der Waals surface area contributed by atoms with Crippen molar-refractivity contribution in [2.75, 3.05) is 5.32 Å². The second-order valence-corrected chi connectivity index (χ2v) is 8.91. The maximum atomic E-state index is 13.2. The highest BCUT2D eigenvalue weighted by molar-refractivity contribution is 9.11. The minimum atomic E-state index is -0.103. The zero-order chi connectivity index (χ0) is 17.5. The molecule has 0 spiro atoms. The molecule has 0 radical (unpaired) electrons. The van der Waals surface area contributed by atoms with Crippen molar-refractivity contribution < 1.29 is 4.79 Å². The lowest BCUT2D eigenvalue weighted by molar-refractivity contribution is 0.0523. The Balaban J connectivity index is 2.06. The molecule has 1 N–H and O–H groups in total. The number of nitrogens with zero attached hydrogens (tertiary/aromatic N) is 1. The van der Waals surface area contributed by atoms with Crippen molar-refractivity contribution in [1.29, 1.82) is 0 Å². The molecule has 3 rings (SSSR count). The van der Waals surface area contributed by atoms with Gasteiger partial charge in [-0.05, 0) is 33.6 Å². The standard InChI is InChI=1S/C19H20Br2N2O/c1-19(2,3)18-22-16-14(9-13(20)10-15(16)21)17(24)23(18)11-12-7-5-4-6-8-12/h4-10,18,22H,11H2,1-3H3.